The molecular formula is C14H22N2. The normalized spacial score (nSPS) is 18.8. The first-order valence-electron chi connectivity index (χ1n) is 6.34. The highest BCUT2D eigenvalue weighted by atomic mass is 15.2. The van der Waals surface area contributed by atoms with Gasteiger partial charge in [0, 0.05) is 11.7 Å². The van der Waals surface area contributed by atoms with Gasteiger partial charge in [-0.2, -0.15) is 0 Å². The van der Waals surface area contributed by atoms with Crippen LogP contribution in [0.15, 0.2) is 24.3 Å². The summed E-state index contributed by atoms with van der Waals surface area (Å²) in [6.07, 6.45) is 5.18. The summed E-state index contributed by atoms with van der Waals surface area (Å²) in [5.41, 5.74) is 7.93. The Bertz CT molecular complexity index is 312. The fraction of sp³-hybridized carbons (Fsp3) is 0.571. The molecule has 1 atom stereocenters. The van der Waals surface area contributed by atoms with Crippen molar-refractivity contribution in [2.45, 2.75) is 38.6 Å². The van der Waals surface area contributed by atoms with E-state index in [4.69, 9.17) is 5.73 Å². The zero-order chi connectivity index (χ0) is 11.4. The zero-order valence-corrected chi connectivity index (χ0v) is 10.2. The van der Waals surface area contributed by atoms with E-state index >= 15 is 0 Å². The Morgan fingerprint density at radius 2 is 1.81 bits per heavy atom. The third kappa shape index (κ3) is 2.99. The molecule has 1 heterocycles. The van der Waals surface area contributed by atoms with Gasteiger partial charge in [0.2, 0.25) is 0 Å². The lowest BCUT2D eigenvalue weighted by atomic mass is 10.1. The van der Waals surface area contributed by atoms with Crippen molar-refractivity contribution in [1.29, 1.82) is 0 Å². The van der Waals surface area contributed by atoms with Gasteiger partial charge in [0.05, 0.1) is 0 Å². The second-order valence-electron chi connectivity index (χ2n) is 4.87. The number of likely N-dealkylation sites (tertiary alicyclic amines) is 1. The van der Waals surface area contributed by atoms with Crippen LogP contribution in [0, 0.1) is 0 Å². The Morgan fingerprint density at radius 1 is 1.19 bits per heavy atom. The summed E-state index contributed by atoms with van der Waals surface area (Å²) in [4.78, 5) is 2.61. The molecule has 1 aliphatic rings. The van der Waals surface area contributed by atoms with Crippen molar-refractivity contribution < 1.29 is 0 Å². The number of aryl methyl sites for hydroxylation is 1. The number of anilines is 1. The molecule has 2 nitrogen and oxygen atoms in total. The highest BCUT2D eigenvalue weighted by Gasteiger charge is 2.17. The van der Waals surface area contributed by atoms with Gasteiger partial charge in [-0.3, -0.25) is 0 Å². The first-order chi connectivity index (χ1) is 7.75. The van der Waals surface area contributed by atoms with Gasteiger partial charge in [-0.05, 0) is 63.4 Å². The van der Waals surface area contributed by atoms with Gasteiger partial charge in [-0.25, -0.2) is 0 Å². The van der Waals surface area contributed by atoms with Gasteiger partial charge >= 0.3 is 0 Å². The molecule has 0 spiro atoms. The number of nitrogens with zero attached hydrogens (tertiary/aromatic N) is 1. The molecule has 1 aliphatic heterocycles. The van der Waals surface area contributed by atoms with Crippen molar-refractivity contribution in [2.75, 3.05) is 18.8 Å². The second-order valence-corrected chi connectivity index (χ2v) is 4.87. The van der Waals surface area contributed by atoms with E-state index in [1.54, 1.807) is 0 Å². The average Bonchev–Trinajstić information content (AvgIpc) is 2.81. The molecule has 0 bridgehead atoms. The Labute approximate surface area is 98.4 Å². The van der Waals surface area contributed by atoms with Crippen LogP contribution in [0.2, 0.25) is 0 Å². The lowest BCUT2D eigenvalue weighted by Crippen LogP contribution is -2.30. The topological polar surface area (TPSA) is 29.3 Å². The van der Waals surface area contributed by atoms with Crippen LogP contribution in [0.4, 0.5) is 5.69 Å². The van der Waals surface area contributed by atoms with Gasteiger partial charge in [-0.1, -0.05) is 12.1 Å². The van der Waals surface area contributed by atoms with Gasteiger partial charge < -0.3 is 10.6 Å². The predicted molar refractivity (Wildman–Crippen MR) is 69.4 cm³/mol. The van der Waals surface area contributed by atoms with Crippen molar-refractivity contribution in [3.05, 3.63) is 29.8 Å². The maximum Gasteiger partial charge on any atom is 0.0314 e. The van der Waals surface area contributed by atoms with Crippen molar-refractivity contribution in [2.24, 2.45) is 0 Å². The van der Waals surface area contributed by atoms with E-state index < -0.39 is 0 Å². The molecule has 0 radical (unpaired) electrons. The second kappa shape index (κ2) is 5.35. The van der Waals surface area contributed by atoms with Crippen molar-refractivity contribution in [1.82, 2.24) is 4.90 Å². The minimum Gasteiger partial charge on any atom is -0.399 e. The Balaban J connectivity index is 1.80. The van der Waals surface area contributed by atoms with Crippen molar-refractivity contribution in [3.8, 4) is 0 Å². The van der Waals surface area contributed by atoms with Crippen LogP contribution >= 0.6 is 0 Å². The molecule has 2 rings (SSSR count). The van der Waals surface area contributed by atoms with E-state index in [-0.39, 0.29) is 0 Å². The van der Waals surface area contributed by atoms with Crippen LogP contribution in [0.5, 0.6) is 0 Å². The molecule has 2 N–H and O–H groups in total. The summed E-state index contributed by atoms with van der Waals surface area (Å²) in [6.45, 7) is 4.94. The quantitative estimate of drug-likeness (QED) is 0.787. The molecule has 16 heavy (non-hydrogen) atoms. The third-order valence-corrected chi connectivity index (χ3v) is 3.59. The summed E-state index contributed by atoms with van der Waals surface area (Å²) in [5.74, 6) is 0. The fourth-order valence-corrected chi connectivity index (χ4v) is 2.42. The van der Waals surface area contributed by atoms with E-state index in [2.05, 4.69) is 24.0 Å². The monoisotopic (exact) mass is 218 g/mol. The van der Waals surface area contributed by atoms with Gasteiger partial charge in [-0.15, -0.1) is 0 Å². The van der Waals surface area contributed by atoms with Crippen molar-refractivity contribution >= 4 is 5.69 Å². The predicted octanol–water partition coefficient (Wildman–Crippen LogP) is 2.69. The van der Waals surface area contributed by atoms with Crippen LogP contribution in [-0.2, 0) is 6.42 Å². The molecule has 0 amide bonds. The zero-order valence-electron chi connectivity index (χ0n) is 10.2. The van der Waals surface area contributed by atoms with Crippen LogP contribution in [0.1, 0.15) is 31.7 Å². The van der Waals surface area contributed by atoms with E-state index in [0.29, 0.717) is 0 Å². The minimum absolute atomic E-state index is 0.722. The Kier molecular flexibility index (Phi) is 3.83. The summed E-state index contributed by atoms with van der Waals surface area (Å²) >= 11 is 0. The van der Waals surface area contributed by atoms with E-state index in [9.17, 15) is 0 Å². The average molecular weight is 218 g/mol. The fourth-order valence-electron chi connectivity index (χ4n) is 2.42. The lowest BCUT2D eigenvalue weighted by Gasteiger charge is -2.23. The first kappa shape index (κ1) is 11.5. The molecule has 0 aromatic heterocycles. The number of rotatable bonds is 4. The Hall–Kier alpha value is -1.02. The van der Waals surface area contributed by atoms with Crippen LogP contribution in [0.3, 0.4) is 0 Å². The van der Waals surface area contributed by atoms with Crippen molar-refractivity contribution in [3.63, 3.8) is 0 Å². The number of hydrogen-bond acceptors (Lipinski definition) is 2. The van der Waals surface area contributed by atoms with Gasteiger partial charge in [0.15, 0.2) is 0 Å². The first-order valence-corrected chi connectivity index (χ1v) is 6.34. The summed E-state index contributed by atoms with van der Waals surface area (Å²) in [6, 6.07) is 9.00. The molecule has 0 aliphatic carbocycles. The molecule has 1 unspecified atom stereocenters. The molecule has 88 valence electrons. The largest absolute Gasteiger partial charge is 0.399 e. The molecule has 1 fully saturated rings. The molecule has 1 saturated heterocycles. The summed E-state index contributed by atoms with van der Waals surface area (Å²) in [5, 5.41) is 0. The third-order valence-electron chi connectivity index (χ3n) is 3.59. The molecule has 1 aromatic carbocycles. The van der Waals surface area contributed by atoms with Gasteiger partial charge in [0.25, 0.3) is 0 Å². The SMILES string of the molecule is CC(CCc1ccc(N)cc1)N1CCCC1. The Morgan fingerprint density at radius 3 is 2.44 bits per heavy atom. The number of nitrogen functional groups attached to an aromatic ring is 1. The highest BCUT2D eigenvalue weighted by molar-refractivity contribution is 5.39. The van der Waals surface area contributed by atoms with Crippen LogP contribution in [0.25, 0.3) is 0 Å². The maximum absolute atomic E-state index is 5.67. The van der Waals surface area contributed by atoms with E-state index in [1.807, 2.05) is 12.1 Å². The molecular weight excluding hydrogens is 196 g/mol. The van der Waals surface area contributed by atoms with Crippen LogP contribution in [-0.4, -0.2) is 24.0 Å². The van der Waals surface area contributed by atoms with E-state index in [0.717, 1.165) is 18.2 Å². The maximum atomic E-state index is 5.67. The number of hydrogen-bond donors (Lipinski definition) is 1. The summed E-state index contributed by atoms with van der Waals surface area (Å²) < 4.78 is 0. The van der Waals surface area contributed by atoms with Gasteiger partial charge in [0.1, 0.15) is 0 Å². The molecule has 2 heteroatoms. The smallest absolute Gasteiger partial charge is 0.0314 e. The number of nitrogens with two attached hydrogens (primary N) is 1. The standard InChI is InChI=1S/C14H22N2/c1-12(16-10-2-3-11-16)4-5-13-6-8-14(15)9-7-13/h6-9,12H,2-5,10-11,15H2,1H3. The highest BCUT2D eigenvalue weighted by Crippen LogP contribution is 2.16. The molecule has 1 aromatic rings. The number of benzene rings is 1. The lowest BCUT2D eigenvalue weighted by molar-refractivity contribution is 0.247. The summed E-state index contributed by atoms with van der Waals surface area (Å²) in [7, 11) is 0. The van der Waals surface area contributed by atoms with Crippen LogP contribution < -0.4 is 5.73 Å². The van der Waals surface area contributed by atoms with E-state index in [1.165, 1.54) is 37.9 Å². The molecule has 0 saturated carbocycles. The minimum atomic E-state index is 0.722.